The zero-order chi connectivity index (χ0) is 35.8. The Bertz CT molecular complexity index is 1600. The second-order valence-electron chi connectivity index (χ2n) is 16.1. The summed E-state index contributed by atoms with van der Waals surface area (Å²) in [6.45, 7) is 21.9. The molecule has 3 fully saturated rings. The lowest BCUT2D eigenvalue weighted by Crippen LogP contribution is -2.43. The van der Waals surface area contributed by atoms with Crippen LogP contribution in [0, 0.1) is 30.1 Å². The fraction of sp³-hybridized carbons (Fsp3) is 0.632. The Hall–Kier alpha value is -3.13. The summed E-state index contributed by atoms with van der Waals surface area (Å²) in [4.78, 5) is 49.3. The Morgan fingerprint density at radius 1 is 0.980 bits per heavy atom. The lowest BCUT2D eigenvalue weighted by Gasteiger charge is -2.32. The van der Waals surface area contributed by atoms with Gasteiger partial charge in [0.2, 0.25) is 5.91 Å². The van der Waals surface area contributed by atoms with Gasteiger partial charge < -0.3 is 19.4 Å². The molecule has 2 unspecified atom stereocenters. The van der Waals surface area contributed by atoms with Crippen LogP contribution >= 0.6 is 22.9 Å². The first-order valence-corrected chi connectivity index (χ1v) is 18.8. The number of ether oxygens (including phenoxy) is 1. The highest BCUT2D eigenvalue weighted by Gasteiger charge is 2.44. The van der Waals surface area contributed by atoms with E-state index in [-0.39, 0.29) is 34.8 Å². The highest BCUT2D eigenvalue weighted by Crippen LogP contribution is 2.43. The van der Waals surface area contributed by atoms with Crippen LogP contribution in [0.1, 0.15) is 99.0 Å². The first kappa shape index (κ1) is 37.1. The number of halogens is 1. The number of thiophene rings is 1. The van der Waals surface area contributed by atoms with Gasteiger partial charge in [-0.3, -0.25) is 14.5 Å². The van der Waals surface area contributed by atoms with Gasteiger partial charge in [0.1, 0.15) is 12.2 Å². The largest absolute Gasteiger partial charge is 0.446 e. The normalized spacial score (nSPS) is 20.3. The molecule has 3 amide bonds. The number of likely N-dealkylation sites (tertiary alicyclic amines) is 3. The van der Waals surface area contributed by atoms with Crippen LogP contribution in [0.4, 0.5) is 10.5 Å². The van der Waals surface area contributed by atoms with Crippen molar-refractivity contribution >= 4 is 46.5 Å². The van der Waals surface area contributed by atoms with Gasteiger partial charge in [0.25, 0.3) is 5.91 Å². The monoisotopic (exact) mass is 709 g/mol. The van der Waals surface area contributed by atoms with Crippen LogP contribution in [0.15, 0.2) is 18.2 Å². The lowest BCUT2D eigenvalue weighted by molar-refractivity contribution is -0.130. The molecule has 0 N–H and O–H groups in total. The van der Waals surface area contributed by atoms with Crippen LogP contribution < -0.4 is 4.90 Å². The van der Waals surface area contributed by atoms with Crippen molar-refractivity contribution in [1.29, 1.82) is 5.26 Å². The number of piperidine rings is 1. The fourth-order valence-corrected chi connectivity index (χ4v) is 8.95. The minimum atomic E-state index is -0.386. The number of fused-ring (bicyclic) bond motifs is 1. The lowest BCUT2D eigenvalue weighted by atomic mass is 9.86. The molecule has 2 atom stereocenters. The van der Waals surface area contributed by atoms with Gasteiger partial charge >= 0.3 is 6.09 Å². The number of anilines is 1. The van der Waals surface area contributed by atoms with Crippen LogP contribution in [-0.4, -0.2) is 91.1 Å². The number of aryl methyl sites for hydroxylation is 1. The molecule has 5 rings (SSSR count). The van der Waals surface area contributed by atoms with Gasteiger partial charge in [-0.1, -0.05) is 59.2 Å². The molecule has 0 saturated carbocycles. The molecular formula is C38H52ClN5O4S. The maximum Gasteiger partial charge on any atom is 0.414 e. The number of carbonyl (C=O) groups excluding carboxylic acids is 3. The van der Waals surface area contributed by atoms with Crippen molar-refractivity contribution in [3.05, 3.63) is 49.7 Å². The summed E-state index contributed by atoms with van der Waals surface area (Å²) >= 11 is 8.09. The van der Waals surface area contributed by atoms with E-state index in [0.29, 0.717) is 79.2 Å². The summed E-state index contributed by atoms with van der Waals surface area (Å²) in [5.41, 5.74) is 2.35. The van der Waals surface area contributed by atoms with E-state index < -0.39 is 0 Å². The quantitative estimate of drug-likeness (QED) is 0.301. The second kappa shape index (κ2) is 14.6. The van der Waals surface area contributed by atoms with Gasteiger partial charge in [0.15, 0.2) is 0 Å². The third-order valence-electron chi connectivity index (χ3n) is 10.1. The van der Waals surface area contributed by atoms with E-state index in [2.05, 4.69) is 52.5 Å². The Labute approximate surface area is 301 Å². The molecule has 0 aliphatic carbocycles. The van der Waals surface area contributed by atoms with Crippen molar-refractivity contribution in [1.82, 2.24) is 14.7 Å². The molecule has 2 aromatic rings. The zero-order valence-corrected chi connectivity index (χ0v) is 32.0. The topological polar surface area (TPSA) is 97.2 Å². The Morgan fingerprint density at radius 2 is 1.59 bits per heavy atom. The molecule has 11 heteroatoms. The van der Waals surface area contributed by atoms with Gasteiger partial charge in [-0.05, 0) is 60.3 Å². The van der Waals surface area contributed by atoms with Crippen molar-refractivity contribution in [2.75, 3.05) is 57.3 Å². The molecular weight excluding hydrogens is 658 g/mol. The number of benzene rings is 1. The molecule has 4 heterocycles. The Balaban J connectivity index is 1.20. The highest BCUT2D eigenvalue weighted by molar-refractivity contribution is 7.13. The maximum atomic E-state index is 14.1. The maximum absolute atomic E-state index is 14.1. The molecule has 3 aliphatic heterocycles. The van der Waals surface area contributed by atoms with Gasteiger partial charge in [-0.2, -0.15) is 5.26 Å². The Morgan fingerprint density at radius 3 is 2.12 bits per heavy atom. The van der Waals surface area contributed by atoms with E-state index >= 15 is 0 Å². The number of nitriles is 1. The predicted octanol–water partition coefficient (Wildman–Crippen LogP) is 7.22. The first-order chi connectivity index (χ1) is 23.0. The van der Waals surface area contributed by atoms with E-state index in [1.807, 2.05) is 30.0 Å². The molecule has 1 aromatic heterocycles. The number of hydrogen-bond donors (Lipinski definition) is 0. The van der Waals surface area contributed by atoms with Crippen LogP contribution in [-0.2, 0) is 20.4 Å². The number of amides is 3. The zero-order valence-electron chi connectivity index (χ0n) is 30.4. The van der Waals surface area contributed by atoms with Crippen molar-refractivity contribution < 1.29 is 19.1 Å². The van der Waals surface area contributed by atoms with Gasteiger partial charge in [0.05, 0.1) is 11.1 Å². The average molecular weight is 710 g/mol. The Kier molecular flexibility index (Phi) is 11.1. The first-order valence-electron chi connectivity index (χ1n) is 17.6. The average Bonchev–Trinajstić information content (AvgIpc) is 3.72. The van der Waals surface area contributed by atoms with E-state index in [1.165, 1.54) is 0 Å². The van der Waals surface area contributed by atoms with Crippen molar-refractivity contribution in [2.45, 2.75) is 91.6 Å². The number of rotatable bonds is 7. The van der Waals surface area contributed by atoms with Gasteiger partial charge in [-0.15, -0.1) is 11.3 Å². The standard InChI is InChI=1S/C38H52ClN5O4S/c1-24-10-11-28(18-31(24)39)44(36(47)48-29-12-16-42(17-13-29)25(2)45)15-9-14-41-20-26-22-43(23-27(26)21-41)35(46)32-30(19-40)33(37(3,4)5)49-34(32)38(6,7)8/h10-11,18,26-27,29H,9,12-17,20-23H2,1-8H3. The highest BCUT2D eigenvalue weighted by atomic mass is 35.5. The number of carbonyl (C=O) groups is 3. The summed E-state index contributed by atoms with van der Waals surface area (Å²) < 4.78 is 5.96. The number of nitrogens with zero attached hydrogens (tertiary/aromatic N) is 5. The molecule has 0 spiro atoms. The van der Waals surface area contributed by atoms with Crippen LogP contribution in [0.5, 0.6) is 0 Å². The molecule has 49 heavy (non-hydrogen) atoms. The molecule has 0 radical (unpaired) electrons. The second-order valence-corrected chi connectivity index (χ2v) is 17.6. The summed E-state index contributed by atoms with van der Waals surface area (Å²) in [5.74, 6) is 0.801. The summed E-state index contributed by atoms with van der Waals surface area (Å²) in [6, 6.07) is 8.06. The van der Waals surface area contributed by atoms with Crippen molar-refractivity contribution in [2.24, 2.45) is 11.8 Å². The molecule has 0 bridgehead atoms. The summed E-state index contributed by atoms with van der Waals surface area (Å²) in [7, 11) is 0. The predicted molar refractivity (Wildman–Crippen MR) is 196 cm³/mol. The third kappa shape index (κ3) is 8.27. The number of hydrogen-bond acceptors (Lipinski definition) is 7. The smallest absolute Gasteiger partial charge is 0.414 e. The van der Waals surface area contributed by atoms with E-state index in [4.69, 9.17) is 16.3 Å². The molecule has 3 aliphatic rings. The van der Waals surface area contributed by atoms with E-state index in [1.54, 1.807) is 28.1 Å². The molecule has 1 aromatic carbocycles. The van der Waals surface area contributed by atoms with Crippen molar-refractivity contribution in [3.63, 3.8) is 0 Å². The molecule has 3 saturated heterocycles. The third-order valence-corrected chi connectivity index (χ3v) is 12.6. The van der Waals surface area contributed by atoms with Crippen LogP contribution in [0.3, 0.4) is 0 Å². The van der Waals surface area contributed by atoms with Crippen LogP contribution in [0.25, 0.3) is 0 Å². The fourth-order valence-electron chi connectivity index (χ4n) is 7.42. The SMILES string of the molecule is CC(=O)N1CCC(OC(=O)N(CCCN2CC3CN(C(=O)c4c(C(C)(C)C)sc(C(C)(C)C)c4C#N)CC3C2)c2ccc(C)c(Cl)c2)CC1. The van der Waals surface area contributed by atoms with Crippen LogP contribution in [0.2, 0.25) is 5.02 Å². The minimum absolute atomic E-state index is 0.00736. The van der Waals surface area contributed by atoms with E-state index in [9.17, 15) is 19.6 Å². The minimum Gasteiger partial charge on any atom is -0.446 e. The molecule has 9 nitrogen and oxygen atoms in total. The molecule has 266 valence electrons. The summed E-state index contributed by atoms with van der Waals surface area (Å²) in [6.07, 6.45) is 1.40. The summed E-state index contributed by atoms with van der Waals surface area (Å²) in [5, 5.41) is 10.8. The van der Waals surface area contributed by atoms with Crippen molar-refractivity contribution in [3.8, 4) is 6.07 Å². The van der Waals surface area contributed by atoms with Gasteiger partial charge in [0, 0.05) is 86.0 Å². The van der Waals surface area contributed by atoms with E-state index in [0.717, 1.165) is 41.4 Å². The van der Waals surface area contributed by atoms with Gasteiger partial charge in [-0.25, -0.2) is 4.79 Å².